The third-order valence-corrected chi connectivity index (χ3v) is 14.9. The van der Waals surface area contributed by atoms with Crippen LogP contribution in [0.3, 0.4) is 0 Å². The SMILES string of the molecule is CCCCCNCCCN[C@H]1CC[C@]2(C)C3CC[C@@]4(C)C(CCC4[C@H](C)CCC(=O)N[C@@H](Cc4ccc(O)cc4)C(=O)OC)C3[C@H](O)C[C@@H]2C1.CCCCN. The van der Waals surface area contributed by atoms with Gasteiger partial charge in [-0.15, -0.1) is 0 Å². The number of aliphatic hydroxyl groups is 1. The molecule has 0 radical (unpaired) electrons. The molecule has 55 heavy (non-hydrogen) atoms. The Labute approximate surface area is 334 Å². The van der Waals surface area contributed by atoms with E-state index in [0.717, 1.165) is 44.6 Å². The zero-order valence-corrected chi connectivity index (χ0v) is 35.6. The minimum absolute atomic E-state index is 0.125. The Bertz CT molecular complexity index is 1290. The number of fused-ring (bicyclic) bond motifs is 5. The average Bonchev–Trinajstić information content (AvgIpc) is 3.53. The van der Waals surface area contributed by atoms with Crippen molar-refractivity contribution in [2.24, 2.45) is 52.1 Å². The highest BCUT2D eigenvalue weighted by atomic mass is 16.5. The van der Waals surface area contributed by atoms with Crippen molar-refractivity contribution in [1.29, 1.82) is 0 Å². The number of phenolic OH excluding ortho intramolecular Hbond substituents is 1. The van der Waals surface area contributed by atoms with Gasteiger partial charge in [0.15, 0.2) is 0 Å². The highest BCUT2D eigenvalue weighted by Gasteiger charge is 2.62. The first-order chi connectivity index (χ1) is 26.4. The van der Waals surface area contributed by atoms with Crippen LogP contribution in [0.2, 0.25) is 0 Å². The minimum atomic E-state index is -0.762. The zero-order chi connectivity index (χ0) is 40.0. The molecule has 4 fully saturated rings. The molecule has 1 amide bonds. The zero-order valence-electron chi connectivity index (χ0n) is 35.6. The molecule has 0 aliphatic heterocycles. The molecule has 314 valence electrons. The summed E-state index contributed by atoms with van der Waals surface area (Å²) in [6.45, 7) is 15.9. The maximum atomic E-state index is 13.2. The van der Waals surface area contributed by atoms with Crippen molar-refractivity contribution in [2.45, 2.75) is 162 Å². The van der Waals surface area contributed by atoms with Crippen LogP contribution >= 0.6 is 0 Å². The van der Waals surface area contributed by atoms with E-state index in [2.05, 4.69) is 50.6 Å². The summed E-state index contributed by atoms with van der Waals surface area (Å²) in [5.41, 5.74) is 6.50. The van der Waals surface area contributed by atoms with E-state index in [4.69, 9.17) is 10.5 Å². The summed E-state index contributed by atoms with van der Waals surface area (Å²) in [7, 11) is 1.34. The Morgan fingerprint density at radius 3 is 2.27 bits per heavy atom. The van der Waals surface area contributed by atoms with Gasteiger partial charge in [0.05, 0.1) is 13.2 Å². The molecule has 1 aromatic carbocycles. The summed E-state index contributed by atoms with van der Waals surface area (Å²) in [6.07, 6.45) is 18.2. The van der Waals surface area contributed by atoms with Crippen LogP contribution in [0.5, 0.6) is 5.75 Å². The van der Waals surface area contributed by atoms with Crippen LogP contribution in [0.15, 0.2) is 24.3 Å². The molecular weight excluding hydrogens is 689 g/mol. The number of esters is 1. The number of carbonyl (C=O) groups excluding carboxylic acids is 2. The second kappa shape index (κ2) is 22.1. The van der Waals surface area contributed by atoms with E-state index < -0.39 is 12.0 Å². The van der Waals surface area contributed by atoms with E-state index in [1.54, 1.807) is 24.3 Å². The number of methoxy groups -OCH3 is 1. The molecule has 7 N–H and O–H groups in total. The standard InChI is InChI=1S/C42H69N3O5.C4H11N/c1-6-7-8-22-43-23-9-24-44-31-18-20-41(3)30(26-31)27-37(47)39-34-16-15-33(42(34,4)21-19-35(39)41)28(2)10-17-38(48)45-36(40(49)50-5)25-29-11-13-32(46)14-12-29;1-2-3-4-5/h11-14,28,30-31,33-37,39,43-44,46-47H,6-10,15-27H2,1-5H3,(H,45,48);2-5H2,1H3/t28-,30+,31+,33?,34?,35?,36+,37-,39?,41+,42-;/m1./s1. The van der Waals surface area contributed by atoms with Gasteiger partial charge in [-0.05, 0) is 167 Å². The highest BCUT2D eigenvalue weighted by Crippen LogP contribution is 2.68. The smallest absolute Gasteiger partial charge is 0.328 e. The number of amides is 1. The van der Waals surface area contributed by atoms with E-state index in [1.165, 1.54) is 90.6 Å². The number of hydrogen-bond acceptors (Lipinski definition) is 8. The Kier molecular flexibility index (Phi) is 18.3. The Morgan fingerprint density at radius 1 is 0.909 bits per heavy atom. The Morgan fingerprint density at radius 2 is 1.60 bits per heavy atom. The largest absolute Gasteiger partial charge is 0.508 e. The molecule has 5 rings (SSSR count). The van der Waals surface area contributed by atoms with Crippen LogP contribution < -0.4 is 21.7 Å². The first kappa shape index (κ1) is 45.5. The first-order valence-electron chi connectivity index (χ1n) is 22.4. The molecule has 0 saturated heterocycles. The summed E-state index contributed by atoms with van der Waals surface area (Å²) in [5.74, 6) is 2.63. The monoisotopic (exact) mass is 769 g/mol. The topological polar surface area (TPSA) is 146 Å². The minimum Gasteiger partial charge on any atom is -0.508 e. The fourth-order valence-corrected chi connectivity index (χ4v) is 11.8. The lowest BCUT2D eigenvalue weighted by atomic mass is 9.43. The second-order valence-electron chi connectivity index (χ2n) is 18.4. The molecule has 4 unspecified atom stereocenters. The maximum absolute atomic E-state index is 13.2. The fraction of sp³-hybridized carbons (Fsp3) is 0.826. The van der Waals surface area contributed by atoms with Gasteiger partial charge in [0.1, 0.15) is 11.8 Å². The summed E-state index contributed by atoms with van der Waals surface area (Å²) >= 11 is 0. The number of hydrogen-bond donors (Lipinski definition) is 6. The van der Waals surface area contributed by atoms with Crippen LogP contribution in [0.4, 0.5) is 0 Å². The Hall–Kier alpha value is -2.20. The molecule has 0 heterocycles. The van der Waals surface area contributed by atoms with Crippen molar-refractivity contribution < 1.29 is 24.5 Å². The molecule has 11 atom stereocenters. The lowest BCUT2D eigenvalue weighted by Gasteiger charge is -2.62. The molecule has 4 aliphatic carbocycles. The number of ether oxygens (including phenoxy) is 1. The lowest BCUT2D eigenvalue weighted by molar-refractivity contribution is -0.167. The number of aromatic hydroxyl groups is 1. The highest BCUT2D eigenvalue weighted by molar-refractivity contribution is 5.84. The van der Waals surface area contributed by atoms with E-state index in [-0.39, 0.29) is 23.2 Å². The van der Waals surface area contributed by atoms with Gasteiger partial charge >= 0.3 is 5.97 Å². The van der Waals surface area contributed by atoms with Gasteiger partial charge in [0, 0.05) is 18.9 Å². The number of aliphatic hydroxyl groups excluding tert-OH is 1. The van der Waals surface area contributed by atoms with Crippen molar-refractivity contribution in [1.82, 2.24) is 16.0 Å². The predicted molar refractivity (Wildman–Crippen MR) is 224 cm³/mol. The van der Waals surface area contributed by atoms with E-state index in [9.17, 15) is 19.8 Å². The van der Waals surface area contributed by atoms with Gasteiger partial charge in [-0.3, -0.25) is 4.79 Å². The number of unbranched alkanes of at least 4 members (excludes halogenated alkanes) is 3. The van der Waals surface area contributed by atoms with E-state index in [1.807, 2.05) is 0 Å². The summed E-state index contributed by atoms with van der Waals surface area (Å²) in [4.78, 5) is 25.7. The predicted octanol–water partition coefficient (Wildman–Crippen LogP) is 7.51. The van der Waals surface area contributed by atoms with Crippen LogP contribution in [-0.2, 0) is 20.7 Å². The number of rotatable bonds is 19. The van der Waals surface area contributed by atoms with E-state index in [0.29, 0.717) is 59.8 Å². The molecule has 0 aromatic heterocycles. The number of nitrogens with one attached hydrogen (secondary N) is 3. The summed E-state index contributed by atoms with van der Waals surface area (Å²) < 4.78 is 4.99. The second-order valence-corrected chi connectivity index (χ2v) is 18.4. The third-order valence-electron chi connectivity index (χ3n) is 14.9. The molecule has 9 nitrogen and oxygen atoms in total. The molecular formula is C46H80N4O5. The lowest BCUT2D eigenvalue weighted by Crippen LogP contribution is -2.59. The molecule has 4 saturated carbocycles. The normalized spacial score (nSPS) is 32.2. The molecule has 1 aromatic rings. The van der Waals surface area contributed by atoms with Crippen molar-refractivity contribution in [3.05, 3.63) is 29.8 Å². The maximum Gasteiger partial charge on any atom is 0.328 e. The van der Waals surface area contributed by atoms with Crippen molar-refractivity contribution in [2.75, 3.05) is 33.3 Å². The third kappa shape index (κ3) is 11.9. The van der Waals surface area contributed by atoms with Gasteiger partial charge in [0.25, 0.3) is 0 Å². The van der Waals surface area contributed by atoms with Gasteiger partial charge < -0.3 is 36.6 Å². The van der Waals surface area contributed by atoms with Crippen molar-refractivity contribution >= 4 is 11.9 Å². The van der Waals surface area contributed by atoms with Gasteiger partial charge in [-0.1, -0.05) is 66.0 Å². The van der Waals surface area contributed by atoms with Gasteiger partial charge in [-0.2, -0.15) is 0 Å². The van der Waals surface area contributed by atoms with Crippen LogP contribution in [0, 0.1) is 46.3 Å². The molecule has 4 aliphatic rings. The molecule has 0 spiro atoms. The van der Waals surface area contributed by atoms with Crippen LogP contribution in [-0.4, -0.2) is 73.6 Å². The Balaban J connectivity index is 0.00000126. The average molecular weight is 769 g/mol. The molecule has 9 heteroatoms. The van der Waals surface area contributed by atoms with Crippen molar-refractivity contribution in [3.8, 4) is 5.75 Å². The molecule has 0 bridgehead atoms. The van der Waals surface area contributed by atoms with Gasteiger partial charge in [-0.25, -0.2) is 4.79 Å². The van der Waals surface area contributed by atoms with Crippen LogP contribution in [0.1, 0.15) is 143 Å². The van der Waals surface area contributed by atoms with E-state index >= 15 is 0 Å². The quantitative estimate of drug-likeness (QED) is 0.0627. The fourth-order valence-electron chi connectivity index (χ4n) is 11.8. The summed E-state index contributed by atoms with van der Waals surface area (Å²) in [6, 6.07) is 6.50. The number of phenols is 1. The number of carbonyl (C=O) groups is 2. The number of benzene rings is 1. The summed E-state index contributed by atoms with van der Waals surface area (Å²) in [5, 5.41) is 31.9. The number of nitrogens with two attached hydrogens (primary N) is 1. The van der Waals surface area contributed by atoms with Gasteiger partial charge in [0.2, 0.25) is 5.91 Å². The first-order valence-corrected chi connectivity index (χ1v) is 22.4. The van der Waals surface area contributed by atoms with Crippen molar-refractivity contribution in [3.63, 3.8) is 0 Å². The van der Waals surface area contributed by atoms with Crippen LogP contribution in [0.25, 0.3) is 0 Å².